The summed E-state index contributed by atoms with van der Waals surface area (Å²) in [5, 5.41) is 21.0. The quantitative estimate of drug-likeness (QED) is 0.365. The predicted octanol–water partition coefficient (Wildman–Crippen LogP) is 1.49. The Bertz CT molecular complexity index is 746. The molecule has 0 heterocycles. The van der Waals surface area contributed by atoms with E-state index in [2.05, 4.69) is 10.1 Å². The lowest BCUT2D eigenvalue weighted by atomic mass is 9.92. The van der Waals surface area contributed by atoms with Crippen LogP contribution in [-0.4, -0.2) is 40.2 Å². The zero-order valence-electron chi connectivity index (χ0n) is 16.1. The standard InChI is InChI=1S/C19H26N2O7/c1-10(2)6-13(9-16(23)24)17(25)21-15(18(26)28-19(20)27)8-12-4-5-14(22)7-11(12)3/h4-5,7,10,13,15,22H,6,8-9H2,1-3H3,(H2,20,27)(H,21,25)(H,23,24)/t13?,15-/m0/s1. The molecule has 0 saturated carbocycles. The number of primary amides is 1. The molecule has 0 aliphatic carbocycles. The van der Waals surface area contributed by atoms with Gasteiger partial charge in [0.1, 0.15) is 11.8 Å². The Kier molecular flexibility index (Phi) is 8.43. The maximum Gasteiger partial charge on any atom is 0.412 e. The summed E-state index contributed by atoms with van der Waals surface area (Å²) in [5.74, 6) is -3.55. The maximum absolute atomic E-state index is 12.6. The fraction of sp³-hybridized carbons (Fsp3) is 0.474. The van der Waals surface area contributed by atoms with E-state index < -0.39 is 35.9 Å². The molecule has 154 valence electrons. The van der Waals surface area contributed by atoms with Crippen molar-refractivity contribution in [1.29, 1.82) is 0 Å². The van der Waals surface area contributed by atoms with Crippen molar-refractivity contribution in [1.82, 2.24) is 5.32 Å². The van der Waals surface area contributed by atoms with E-state index in [1.165, 1.54) is 12.1 Å². The second-order valence-electron chi connectivity index (χ2n) is 7.04. The Morgan fingerprint density at radius 2 is 1.86 bits per heavy atom. The smallest absolute Gasteiger partial charge is 0.412 e. The molecular weight excluding hydrogens is 368 g/mol. The topological polar surface area (TPSA) is 156 Å². The van der Waals surface area contributed by atoms with Gasteiger partial charge in [0.05, 0.1) is 6.42 Å². The van der Waals surface area contributed by atoms with Crippen molar-refractivity contribution < 1.29 is 34.1 Å². The van der Waals surface area contributed by atoms with Gasteiger partial charge in [0.2, 0.25) is 5.91 Å². The Labute approximate surface area is 162 Å². The molecule has 5 N–H and O–H groups in total. The van der Waals surface area contributed by atoms with Crippen molar-refractivity contribution in [3.8, 4) is 5.75 Å². The number of carbonyl (C=O) groups excluding carboxylic acids is 3. The summed E-state index contributed by atoms with van der Waals surface area (Å²) in [6, 6.07) is 3.24. The third-order valence-electron chi connectivity index (χ3n) is 4.10. The average molecular weight is 394 g/mol. The van der Waals surface area contributed by atoms with E-state index in [4.69, 9.17) is 10.8 Å². The number of aliphatic carboxylic acids is 1. The number of rotatable bonds is 9. The summed E-state index contributed by atoms with van der Waals surface area (Å²) >= 11 is 0. The molecule has 2 amide bonds. The van der Waals surface area contributed by atoms with E-state index in [-0.39, 0.29) is 24.5 Å². The number of ether oxygens (including phenoxy) is 1. The summed E-state index contributed by atoms with van der Waals surface area (Å²) in [6.07, 6.45) is -1.41. The first-order valence-electron chi connectivity index (χ1n) is 8.81. The Hall–Kier alpha value is -3.10. The molecule has 0 aliphatic rings. The normalized spacial score (nSPS) is 12.9. The number of carboxylic acids is 1. The Morgan fingerprint density at radius 1 is 1.21 bits per heavy atom. The first-order chi connectivity index (χ1) is 13.0. The molecule has 1 aromatic rings. The third kappa shape index (κ3) is 7.65. The van der Waals surface area contributed by atoms with Gasteiger partial charge in [-0.2, -0.15) is 0 Å². The summed E-state index contributed by atoms with van der Waals surface area (Å²) in [4.78, 5) is 46.9. The van der Waals surface area contributed by atoms with Gasteiger partial charge >= 0.3 is 18.0 Å². The minimum atomic E-state index is -1.31. The molecule has 2 atom stereocenters. The van der Waals surface area contributed by atoms with Crippen LogP contribution in [-0.2, 0) is 25.5 Å². The zero-order valence-corrected chi connectivity index (χ0v) is 16.1. The summed E-state index contributed by atoms with van der Waals surface area (Å²) in [6.45, 7) is 5.40. The maximum atomic E-state index is 12.6. The van der Waals surface area contributed by atoms with E-state index in [0.717, 1.165) is 0 Å². The van der Waals surface area contributed by atoms with E-state index in [0.29, 0.717) is 17.5 Å². The average Bonchev–Trinajstić information content (AvgIpc) is 2.54. The first kappa shape index (κ1) is 22.9. The van der Waals surface area contributed by atoms with Crippen molar-refractivity contribution in [2.45, 2.75) is 46.1 Å². The number of hydrogen-bond acceptors (Lipinski definition) is 6. The number of aromatic hydroxyl groups is 1. The van der Waals surface area contributed by atoms with Gasteiger partial charge in [-0.15, -0.1) is 0 Å². The van der Waals surface area contributed by atoms with Gasteiger partial charge in [-0.05, 0) is 42.5 Å². The lowest BCUT2D eigenvalue weighted by molar-refractivity contribution is -0.144. The molecule has 0 spiro atoms. The molecule has 0 aliphatic heterocycles. The van der Waals surface area contributed by atoms with Crippen molar-refractivity contribution in [2.24, 2.45) is 17.6 Å². The lowest BCUT2D eigenvalue weighted by Gasteiger charge is -2.22. The highest BCUT2D eigenvalue weighted by molar-refractivity contribution is 5.91. The van der Waals surface area contributed by atoms with E-state index >= 15 is 0 Å². The van der Waals surface area contributed by atoms with Crippen molar-refractivity contribution >= 4 is 23.9 Å². The molecule has 0 bridgehead atoms. The highest BCUT2D eigenvalue weighted by atomic mass is 16.6. The van der Waals surface area contributed by atoms with Crippen LogP contribution in [0.2, 0.25) is 0 Å². The molecule has 9 nitrogen and oxygen atoms in total. The molecule has 0 saturated heterocycles. The lowest BCUT2D eigenvalue weighted by Crippen LogP contribution is -2.47. The van der Waals surface area contributed by atoms with Crippen LogP contribution in [0.4, 0.5) is 4.79 Å². The van der Waals surface area contributed by atoms with Crippen LogP contribution in [0.1, 0.15) is 37.8 Å². The number of aryl methyl sites for hydroxylation is 1. The van der Waals surface area contributed by atoms with E-state index in [1.54, 1.807) is 13.0 Å². The fourth-order valence-corrected chi connectivity index (χ4v) is 2.85. The first-order valence-corrected chi connectivity index (χ1v) is 8.81. The molecule has 0 fully saturated rings. The third-order valence-corrected chi connectivity index (χ3v) is 4.10. The molecular formula is C19H26N2O7. The number of phenols is 1. The molecule has 1 rings (SSSR count). The highest BCUT2D eigenvalue weighted by Crippen LogP contribution is 2.19. The molecule has 0 aromatic heterocycles. The number of benzene rings is 1. The van der Waals surface area contributed by atoms with Crippen molar-refractivity contribution in [3.63, 3.8) is 0 Å². The van der Waals surface area contributed by atoms with Crippen LogP contribution in [0.15, 0.2) is 18.2 Å². The molecule has 28 heavy (non-hydrogen) atoms. The molecule has 1 aromatic carbocycles. The molecule has 1 unspecified atom stereocenters. The predicted molar refractivity (Wildman–Crippen MR) is 99.4 cm³/mol. The van der Waals surface area contributed by atoms with Crippen molar-refractivity contribution in [3.05, 3.63) is 29.3 Å². The number of nitrogens with two attached hydrogens (primary N) is 1. The number of carboxylic acid groups (broad SMARTS) is 1. The van der Waals surface area contributed by atoms with Gasteiger partial charge in [-0.3, -0.25) is 9.59 Å². The summed E-state index contributed by atoms with van der Waals surface area (Å²) < 4.78 is 4.41. The van der Waals surface area contributed by atoms with Crippen molar-refractivity contribution in [2.75, 3.05) is 0 Å². The second-order valence-corrected chi connectivity index (χ2v) is 7.04. The number of esters is 1. The van der Waals surface area contributed by atoms with Gasteiger partial charge in [0, 0.05) is 12.3 Å². The Balaban J connectivity index is 3.05. The van der Waals surface area contributed by atoms with Gasteiger partial charge in [0.25, 0.3) is 0 Å². The van der Waals surface area contributed by atoms with Crippen LogP contribution < -0.4 is 11.1 Å². The van der Waals surface area contributed by atoms with Gasteiger partial charge in [-0.25, -0.2) is 9.59 Å². The van der Waals surface area contributed by atoms with Gasteiger partial charge in [-0.1, -0.05) is 19.9 Å². The minimum Gasteiger partial charge on any atom is -0.508 e. The van der Waals surface area contributed by atoms with Crippen LogP contribution in [0, 0.1) is 18.8 Å². The monoisotopic (exact) mass is 394 g/mol. The fourth-order valence-electron chi connectivity index (χ4n) is 2.85. The SMILES string of the molecule is Cc1cc(O)ccc1C[C@H](NC(=O)C(CC(=O)O)CC(C)C)C(=O)OC(N)=O. The number of amides is 2. The molecule has 0 radical (unpaired) electrons. The molecule has 9 heteroatoms. The Morgan fingerprint density at radius 3 is 2.36 bits per heavy atom. The van der Waals surface area contributed by atoms with E-state index in [1.807, 2.05) is 13.8 Å². The van der Waals surface area contributed by atoms with Crippen LogP contribution in [0.25, 0.3) is 0 Å². The van der Waals surface area contributed by atoms with Gasteiger partial charge < -0.3 is 26.0 Å². The minimum absolute atomic E-state index is 0.0224. The number of hydrogen-bond donors (Lipinski definition) is 4. The highest BCUT2D eigenvalue weighted by Gasteiger charge is 2.30. The zero-order chi connectivity index (χ0) is 21.4. The van der Waals surface area contributed by atoms with Gasteiger partial charge in [0.15, 0.2) is 0 Å². The van der Waals surface area contributed by atoms with Crippen LogP contribution in [0.3, 0.4) is 0 Å². The number of carbonyl (C=O) groups is 4. The number of phenolic OH excluding ortho intramolecular Hbond substituents is 1. The summed E-state index contributed by atoms with van der Waals surface area (Å²) in [7, 11) is 0. The van der Waals surface area contributed by atoms with Crippen LogP contribution in [0.5, 0.6) is 5.75 Å². The number of nitrogens with one attached hydrogen (secondary N) is 1. The van der Waals surface area contributed by atoms with E-state index in [9.17, 15) is 24.3 Å². The second kappa shape index (κ2) is 10.3. The largest absolute Gasteiger partial charge is 0.508 e. The van der Waals surface area contributed by atoms with Crippen LogP contribution >= 0.6 is 0 Å². The summed E-state index contributed by atoms with van der Waals surface area (Å²) in [5.41, 5.74) is 6.18.